The molecule has 0 saturated heterocycles. The third kappa shape index (κ3) is 4.89. The van der Waals surface area contributed by atoms with Crippen molar-refractivity contribution in [2.45, 2.75) is 31.9 Å². The van der Waals surface area contributed by atoms with E-state index in [9.17, 15) is 31.1 Å². The van der Waals surface area contributed by atoms with Crippen molar-refractivity contribution >= 4 is 39.3 Å². The lowest BCUT2D eigenvalue weighted by Crippen LogP contribution is -2.35. The fourth-order valence-corrected chi connectivity index (χ4v) is 5.95. The van der Waals surface area contributed by atoms with E-state index in [-0.39, 0.29) is 22.1 Å². The lowest BCUT2D eigenvalue weighted by Gasteiger charge is -2.29. The number of amides is 1. The van der Waals surface area contributed by atoms with Crippen LogP contribution in [0.3, 0.4) is 0 Å². The molecule has 1 amide bonds. The molecule has 0 radical (unpaired) electrons. The summed E-state index contributed by atoms with van der Waals surface area (Å²) in [4.78, 5) is 19.5. The molecule has 6 rings (SSSR count). The predicted molar refractivity (Wildman–Crippen MR) is 138 cm³/mol. The van der Waals surface area contributed by atoms with Crippen molar-refractivity contribution in [2.75, 3.05) is 6.54 Å². The molecule has 2 aliphatic rings. The standard InChI is InChI=1S/C27H19F6N5OS/c28-26(29,30)18-5-3-16(21(12-18)27(31,32)33)11-20(15-4-6-22-17(10-15)13-34-36-22)23-24(39)35-25(40-23)38-9-8-37-7-1-2-19(37)14-38/h1-7,10,12-13H,8-9,11,14H2,(H,34,36). The van der Waals surface area contributed by atoms with Crippen molar-refractivity contribution in [1.82, 2.24) is 19.7 Å². The number of hydrogen-bond acceptors (Lipinski definition) is 4. The van der Waals surface area contributed by atoms with E-state index in [4.69, 9.17) is 0 Å². The van der Waals surface area contributed by atoms with Gasteiger partial charge in [-0.2, -0.15) is 36.4 Å². The minimum Gasteiger partial charge on any atom is -0.348 e. The van der Waals surface area contributed by atoms with Crippen LogP contribution in [0.4, 0.5) is 26.3 Å². The summed E-state index contributed by atoms with van der Waals surface area (Å²) >= 11 is 1.07. The first-order valence-corrected chi connectivity index (χ1v) is 12.9. The van der Waals surface area contributed by atoms with Crippen LogP contribution in [0.15, 0.2) is 70.8 Å². The number of alkyl halides is 6. The van der Waals surface area contributed by atoms with Gasteiger partial charge in [0.1, 0.15) is 0 Å². The number of aliphatic imine (C=N–C) groups is 1. The molecule has 0 unspecified atom stereocenters. The zero-order valence-corrected chi connectivity index (χ0v) is 21.3. The third-order valence-corrected chi connectivity index (χ3v) is 8.07. The van der Waals surface area contributed by atoms with Crippen LogP contribution in [-0.2, 0) is 36.7 Å². The van der Waals surface area contributed by atoms with Gasteiger partial charge < -0.3 is 9.47 Å². The molecule has 0 atom stereocenters. The molecule has 6 nitrogen and oxygen atoms in total. The number of carbonyl (C=O) groups excluding carboxylic acids is 1. The van der Waals surface area contributed by atoms with Crippen LogP contribution in [-0.4, -0.2) is 37.3 Å². The van der Waals surface area contributed by atoms with Crippen molar-refractivity contribution in [1.29, 1.82) is 0 Å². The lowest BCUT2D eigenvalue weighted by molar-refractivity contribution is -0.143. The molecular weight excluding hydrogens is 556 g/mol. The highest BCUT2D eigenvalue weighted by atomic mass is 32.2. The smallest absolute Gasteiger partial charge is 0.348 e. The highest BCUT2D eigenvalue weighted by Gasteiger charge is 2.39. The molecule has 0 fully saturated rings. The fourth-order valence-electron chi connectivity index (χ4n) is 4.90. The largest absolute Gasteiger partial charge is 0.416 e. The van der Waals surface area contributed by atoms with Gasteiger partial charge >= 0.3 is 12.4 Å². The number of halogens is 6. The van der Waals surface area contributed by atoms with Crippen LogP contribution in [0.1, 0.15) is 27.9 Å². The van der Waals surface area contributed by atoms with Gasteiger partial charge in [0.15, 0.2) is 5.17 Å². The molecule has 2 aliphatic heterocycles. The second-order valence-corrected chi connectivity index (χ2v) is 10.4. The highest BCUT2D eigenvalue weighted by Crippen LogP contribution is 2.42. The number of rotatable bonds is 3. The summed E-state index contributed by atoms with van der Waals surface area (Å²) in [5.41, 5.74) is -0.790. The summed E-state index contributed by atoms with van der Waals surface area (Å²) < 4.78 is 83.9. The quantitative estimate of drug-likeness (QED) is 0.224. The molecule has 40 heavy (non-hydrogen) atoms. The third-order valence-electron chi connectivity index (χ3n) is 6.92. The Morgan fingerprint density at radius 2 is 1.82 bits per heavy atom. The Morgan fingerprint density at radius 1 is 1.00 bits per heavy atom. The minimum atomic E-state index is -5.04. The number of fused-ring (bicyclic) bond motifs is 2. The summed E-state index contributed by atoms with van der Waals surface area (Å²) in [5.74, 6) is -0.608. The van der Waals surface area contributed by atoms with E-state index >= 15 is 0 Å². The lowest BCUT2D eigenvalue weighted by atomic mass is 9.92. The van der Waals surface area contributed by atoms with Crippen molar-refractivity contribution < 1.29 is 31.1 Å². The van der Waals surface area contributed by atoms with Gasteiger partial charge in [0.05, 0.1) is 34.3 Å². The van der Waals surface area contributed by atoms with Gasteiger partial charge in [-0.3, -0.25) is 9.89 Å². The zero-order chi connectivity index (χ0) is 28.2. The second kappa shape index (κ2) is 9.58. The number of carbonyl (C=O) groups is 1. The highest BCUT2D eigenvalue weighted by molar-refractivity contribution is 8.18. The van der Waals surface area contributed by atoms with Gasteiger partial charge in [0.2, 0.25) is 0 Å². The van der Waals surface area contributed by atoms with Gasteiger partial charge in [-0.25, -0.2) is 0 Å². The molecule has 0 bridgehead atoms. The maximum atomic E-state index is 14.0. The molecule has 1 N–H and O–H groups in total. The Bertz CT molecular complexity index is 1700. The van der Waals surface area contributed by atoms with E-state index in [1.165, 1.54) is 6.20 Å². The van der Waals surface area contributed by atoms with E-state index in [1.54, 1.807) is 18.2 Å². The van der Waals surface area contributed by atoms with Crippen molar-refractivity contribution in [3.63, 3.8) is 0 Å². The normalized spacial score (nSPS) is 17.4. The topological polar surface area (TPSA) is 66.3 Å². The second-order valence-electron chi connectivity index (χ2n) is 9.44. The van der Waals surface area contributed by atoms with E-state index in [0.717, 1.165) is 23.5 Å². The number of hydrogen-bond donors (Lipinski definition) is 1. The fraction of sp³-hybridized carbons (Fsp3) is 0.222. The molecule has 206 valence electrons. The zero-order valence-electron chi connectivity index (χ0n) is 20.5. The number of amidine groups is 1. The number of nitrogens with zero attached hydrogens (tertiary/aromatic N) is 4. The molecule has 4 aromatic rings. The number of aromatic amines is 1. The van der Waals surface area contributed by atoms with Crippen LogP contribution < -0.4 is 0 Å². The SMILES string of the molecule is O=C1N=C(N2CCn3cccc3C2)SC1=C(Cc1ccc(C(F)(F)F)cc1C(F)(F)F)c1ccc2[nH]ncc2c1. The van der Waals surface area contributed by atoms with Crippen LogP contribution in [0.2, 0.25) is 0 Å². The van der Waals surface area contributed by atoms with E-state index in [2.05, 4.69) is 19.8 Å². The maximum absolute atomic E-state index is 14.0. The summed E-state index contributed by atoms with van der Waals surface area (Å²) in [6.45, 7) is 1.77. The van der Waals surface area contributed by atoms with Crippen LogP contribution in [0, 0.1) is 0 Å². The van der Waals surface area contributed by atoms with Crippen molar-refractivity contribution in [3.8, 4) is 0 Å². The summed E-state index contributed by atoms with van der Waals surface area (Å²) in [6, 6.07) is 10.4. The van der Waals surface area contributed by atoms with E-state index < -0.39 is 35.8 Å². The first kappa shape index (κ1) is 26.2. The molecule has 13 heteroatoms. The Hall–Kier alpha value is -4.00. The first-order chi connectivity index (χ1) is 19.0. The summed E-state index contributed by atoms with van der Waals surface area (Å²) in [5, 5.41) is 7.85. The molecule has 2 aromatic carbocycles. The van der Waals surface area contributed by atoms with Gasteiger partial charge in [-0.15, -0.1) is 0 Å². The molecule has 0 saturated carbocycles. The van der Waals surface area contributed by atoms with Crippen LogP contribution in [0.5, 0.6) is 0 Å². The Morgan fingerprint density at radius 3 is 2.60 bits per heavy atom. The van der Waals surface area contributed by atoms with Gasteiger partial charge in [0.25, 0.3) is 5.91 Å². The van der Waals surface area contributed by atoms with Gasteiger partial charge in [-0.05, 0) is 71.3 Å². The number of H-pyrrole nitrogens is 1. The van der Waals surface area contributed by atoms with Gasteiger partial charge in [0, 0.05) is 30.4 Å². The van der Waals surface area contributed by atoms with E-state index in [0.29, 0.717) is 47.3 Å². The summed E-state index contributed by atoms with van der Waals surface area (Å²) in [6.07, 6.45) is -6.93. The number of aromatic nitrogens is 3. The van der Waals surface area contributed by atoms with E-state index in [1.807, 2.05) is 23.2 Å². The number of benzene rings is 2. The van der Waals surface area contributed by atoms with Crippen molar-refractivity contribution in [2.24, 2.45) is 4.99 Å². The summed E-state index contributed by atoms with van der Waals surface area (Å²) in [7, 11) is 0. The average Bonchev–Trinajstić information content (AvgIpc) is 3.65. The molecule has 2 aromatic heterocycles. The van der Waals surface area contributed by atoms with Crippen molar-refractivity contribution in [3.05, 3.63) is 93.8 Å². The number of thioether (sulfide) groups is 1. The predicted octanol–water partition coefficient (Wildman–Crippen LogP) is 6.50. The van der Waals surface area contributed by atoms with Crippen LogP contribution in [0.25, 0.3) is 16.5 Å². The van der Waals surface area contributed by atoms with Gasteiger partial charge in [-0.1, -0.05) is 12.1 Å². The number of nitrogens with one attached hydrogen (secondary N) is 1. The average molecular weight is 576 g/mol. The first-order valence-electron chi connectivity index (χ1n) is 12.1. The Labute approximate surface area is 227 Å². The van der Waals surface area contributed by atoms with Crippen LogP contribution >= 0.6 is 11.8 Å². The molecule has 0 spiro atoms. The Kier molecular flexibility index (Phi) is 6.28. The minimum absolute atomic E-state index is 0.116. The number of allylic oxidation sites excluding steroid dienone is 1. The molecule has 0 aliphatic carbocycles. The monoisotopic (exact) mass is 575 g/mol. The molecular formula is C27H19F6N5OS. The maximum Gasteiger partial charge on any atom is 0.416 e. The Balaban J connectivity index is 1.43. The molecule has 4 heterocycles.